The molecular weight excluding hydrogens is 250 g/mol. The molecule has 0 aliphatic rings. The van der Waals surface area contributed by atoms with Gasteiger partial charge in [0, 0.05) is 18.4 Å². The number of hydrogen-bond acceptors (Lipinski definition) is 2. The SMILES string of the molecule is Cc1ccc(NC(=O)c2c(C)nn(C)c2C)c(C)c1C. The molecule has 4 heteroatoms. The van der Waals surface area contributed by atoms with Gasteiger partial charge in [0.1, 0.15) is 0 Å². The van der Waals surface area contributed by atoms with Crippen LogP contribution in [0.15, 0.2) is 12.1 Å². The largest absolute Gasteiger partial charge is 0.322 e. The molecule has 1 aromatic carbocycles. The van der Waals surface area contributed by atoms with E-state index < -0.39 is 0 Å². The number of aromatic nitrogens is 2. The molecule has 0 saturated carbocycles. The van der Waals surface area contributed by atoms with Crippen molar-refractivity contribution >= 4 is 11.6 Å². The first-order valence-corrected chi connectivity index (χ1v) is 6.71. The number of anilines is 1. The van der Waals surface area contributed by atoms with Crippen molar-refractivity contribution in [1.82, 2.24) is 9.78 Å². The van der Waals surface area contributed by atoms with E-state index in [0.29, 0.717) is 5.56 Å². The van der Waals surface area contributed by atoms with E-state index in [-0.39, 0.29) is 5.91 Å². The molecule has 20 heavy (non-hydrogen) atoms. The minimum Gasteiger partial charge on any atom is -0.322 e. The van der Waals surface area contributed by atoms with E-state index in [2.05, 4.69) is 24.3 Å². The molecule has 0 aliphatic heterocycles. The second-order valence-electron chi connectivity index (χ2n) is 5.30. The zero-order chi connectivity index (χ0) is 15.0. The van der Waals surface area contributed by atoms with Gasteiger partial charge in [0.15, 0.2) is 0 Å². The second-order valence-corrected chi connectivity index (χ2v) is 5.30. The summed E-state index contributed by atoms with van der Waals surface area (Å²) in [6.45, 7) is 9.93. The van der Waals surface area contributed by atoms with Crippen LogP contribution in [-0.4, -0.2) is 15.7 Å². The number of carbonyl (C=O) groups excluding carboxylic acids is 1. The van der Waals surface area contributed by atoms with Crippen LogP contribution in [0.2, 0.25) is 0 Å². The smallest absolute Gasteiger partial charge is 0.259 e. The summed E-state index contributed by atoms with van der Waals surface area (Å²) in [5, 5.41) is 7.28. The zero-order valence-corrected chi connectivity index (χ0v) is 13.0. The van der Waals surface area contributed by atoms with E-state index >= 15 is 0 Å². The first-order chi connectivity index (χ1) is 9.32. The fourth-order valence-corrected chi connectivity index (χ4v) is 2.38. The van der Waals surface area contributed by atoms with Gasteiger partial charge in [-0.1, -0.05) is 6.07 Å². The van der Waals surface area contributed by atoms with Crippen molar-refractivity contribution in [2.24, 2.45) is 7.05 Å². The van der Waals surface area contributed by atoms with Crippen molar-refractivity contribution in [2.75, 3.05) is 5.32 Å². The number of rotatable bonds is 2. The molecule has 0 saturated heterocycles. The molecule has 0 radical (unpaired) electrons. The highest BCUT2D eigenvalue weighted by molar-refractivity contribution is 6.06. The van der Waals surface area contributed by atoms with E-state index in [9.17, 15) is 4.79 Å². The summed E-state index contributed by atoms with van der Waals surface area (Å²) in [6, 6.07) is 3.98. The third-order valence-corrected chi connectivity index (χ3v) is 4.04. The molecule has 0 atom stereocenters. The van der Waals surface area contributed by atoms with Gasteiger partial charge in [-0.3, -0.25) is 9.48 Å². The molecule has 0 aliphatic carbocycles. The predicted molar refractivity (Wildman–Crippen MR) is 81.3 cm³/mol. The van der Waals surface area contributed by atoms with Gasteiger partial charge in [-0.05, 0) is 57.4 Å². The molecule has 2 aromatic rings. The van der Waals surface area contributed by atoms with Crippen LogP contribution in [0.5, 0.6) is 0 Å². The number of nitrogens with zero attached hydrogens (tertiary/aromatic N) is 2. The predicted octanol–water partition coefficient (Wildman–Crippen LogP) is 3.21. The Morgan fingerprint density at radius 1 is 1.10 bits per heavy atom. The van der Waals surface area contributed by atoms with Crippen molar-refractivity contribution < 1.29 is 4.79 Å². The van der Waals surface area contributed by atoms with Gasteiger partial charge in [-0.15, -0.1) is 0 Å². The Labute approximate surface area is 119 Å². The number of hydrogen-bond donors (Lipinski definition) is 1. The Bertz CT molecular complexity index is 684. The highest BCUT2D eigenvalue weighted by Crippen LogP contribution is 2.23. The molecule has 106 valence electrons. The third-order valence-electron chi connectivity index (χ3n) is 4.04. The van der Waals surface area contributed by atoms with Gasteiger partial charge in [0.05, 0.1) is 11.3 Å². The number of benzene rings is 1. The minimum absolute atomic E-state index is 0.0977. The summed E-state index contributed by atoms with van der Waals surface area (Å²) in [7, 11) is 1.85. The molecule has 0 spiro atoms. The minimum atomic E-state index is -0.0977. The van der Waals surface area contributed by atoms with Crippen molar-refractivity contribution in [3.05, 3.63) is 45.8 Å². The molecule has 0 fully saturated rings. The first-order valence-electron chi connectivity index (χ1n) is 6.71. The van der Waals surface area contributed by atoms with Crippen LogP contribution in [0.4, 0.5) is 5.69 Å². The molecular formula is C16H21N3O. The molecule has 1 amide bonds. The van der Waals surface area contributed by atoms with E-state index in [4.69, 9.17) is 0 Å². The van der Waals surface area contributed by atoms with Crippen LogP contribution >= 0.6 is 0 Å². The molecule has 0 unspecified atom stereocenters. The summed E-state index contributed by atoms with van der Waals surface area (Å²) < 4.78 is 1.73. The maximum absolute atomic E-state index is 12.5. The number of aryl methyl sites for hydroxylation is 3. The fraction of sp³-hybridized carbons (Fsp3) is 0.375. The average Bonchev–Trinajstić information content (AvgIpc) is 2.64. The van der Waals surface area contributed by atoms with Crippen molar-refractivity contribution in [2.45, 2.75) is 34.6 Å². The van der Waals surface area contributed by atoms with Gasteiger partial charge in [0.2, 0.25) is 0 Å². The Balaban J connectivity index is 2.35. The van der Waals surface area contributed by atoms with Crippen LogP contribution in [0.1, 0.15) is 38.4 Å². The molecule has 2 rings (SSSR count). The lowest BCUT2D eigenvalue weighted by Crippen LogP contribution is -2.15. The first kappa shape index (κ1) is 14.3. The van der Waals surface area contributed by atoms with E-state index in [1.807, 2.05) is 40.0 Å². The Morgan fingerprint density at radius 3 is 2.30 bits per heavy atom. The molecule has 1 N–H and O–H groups in total. The molecule has 4 nitrogen and oxygen atoms in total. The standard InChI is InChI=1S/C16H21N3O/c1-9-7-8-14(11(3)10(9)2)17-16(20)15-12(4)18-19(6)13(15)5/h7-8H,1-6H3,(H,17,20). The van der Waals surface area contributed by atoms with Crippen LogP contribution in [0.25, 0.3) is 0 Å². The van der Waals surface area contributed by atoms with Crippen LogP contribution in [0.3, 0.4) is 0 Å². The fourth-order valence-electron chi connectivity index (χ4n) is 2.38. The summed E-state index contributed by atoms with van der Waals surface area (Å²) in [5.41, 5.74) is 6.70. The lowest BCUT2D eigenvalue weighted by Gasteiger charge is -2.12. The number of carbonyl (C=O) groups is 1. The topological polar surface area (TPSA) is 46.9 Å². The highest BCUT2D eigenvalue weighted by Gasteiger charge is 2.18. The summed E-state index contributed by atoms with van der Waals surface area (Å²) in [6.07, 6.45) is 0. The van der Waals surface area contributed by atoms with Gasteiger partial charge in [-0.2, -0.15) is 5.10 Å². The lowest BCUT2D eigenvalue weighted by molar-refractivity contribution is 0.102. The zero-order valence-electron chi connectivity index (χ0n) is 13.0. The van der Waals surface area contributed by atoms with Crippen LogP contribution in [-0.2, 0) is 7.05 Å². The Kier molecular flexibility index (Phi) is 3.66. The monoisotopic (exact) mass is 271 g/mol. The van der Waals surface area contributed by atoms with Crippen LogP contribution in [0, 0.1) is 34.6 Å². The Morgan fingerprint density at radius 2 is 1.75 bits per heavy atom. The van der Waals surface area contributed by atoms with Gasteiger partial charge in [-0.25, -0.2) is 0 Å². The normalized spacial score (nSPS) is 10.7. The van der Waals surface area contributed by atoms with Crippen LogP contribution < -0.4 is 5.32 Å². The second kappa shape index (κ2) is 5.12. The molecule has 0 bridgehead atoms. The van der Waals surface area contributed by atoms with Crippen molar-refractivity contribution in [1.29, 1.82) is 0 Å². The van der Waals surface area contributed by atoms with E-state index in [0.717, 1.165) is 22.6 Å². The van der Waals surface area contributed by atoms with Gasteiger partial charge >= 0.3 is 0 Å². The van der Waals surface area contributed by atoms with Gasteiger partial charge in [0.25, 0.3) is 5.91 Å². The Hall–Kier alpha value is -2.10. The lowest BCUT2D eigenvalue weighted by atomic mass is 10.0. The van der Waals surface area contributed by atoms with Gasteiger partial charge < -0.3 is 5.32 Å². The average molecular weight is 271 g/mol. The maximum atomic E-state index is 12.5. The van der Waals surface area contributed by atoms with E-state index in [1.165, 1.54) is 11.1 Å². The molecule has 1 heterocycles. The number of nitrogens with one attached hydrogen (secondary N) is 1. The highest BCUT2D eigenvalue weighted by atomic mass is 16.1. The van der Waals surface area contributed by atoms with Crippen molar-refractivity contribution in [3.8, 4) is 0 Å². The number of amides is 1. The third kappa shape index (κ3) is 2.33. The quantitative estimate of drug-likeness (QED) is 0.911. The summed E-state index contributed by atoms with van der Waals surface area (Å²) in [4.78, 5) is 12.5. The molecule has 1 aromatic heterocycles. The summed E-state index contributed by atoms with van der Waals surface area (Å²) >= 11 is 0. The van der Waals surface area contributed by atoms with E-state index in [1.54, 1.807) is 4.68 Å². The summed E-state index contributed by atoms with van der Waals surface area (Å²) in [5.74, 6) is -0.0977. The van der Waals surface area contributed by atoms with Crippen molar-refractivity contribution in [3.63, 3.8) is 0 Å². The maximum Gasteiger partial charge on any atom is 0.259 e.